The van der Waals surface area contributed by atoms with Gasteiger partial charge in [-0.05, 0) is 42.3 Å². The number of anilines is 2. The molecule has 1 heterocycles. The van der Waals surface area contributed by atoms with Crippen LogP contribution in [0.1, 0.15) is 5.56 Å². The number of rotatable bonds is 7. The van der Waals surface area contributed by atoms with Crippen molar-refractivity contribution in [2.24, 2.45) is 0 Å². The van der Waals surface area contributed by atoms with E-state index in [1.165, 1.54) is 46.8 Å². The van der Waals surface area contributed by atoms with Gasteiger partial charge in [-0.25, -0.2) is 8.42 Å². The molecular weight excluding hydrogens is 470 g/mol. The fraction of sp³-hybridized carbons (Fsp3) is 0.136. The highest BCUT2D eigenvalue weighted by molar-refractivity contribution is 7.92. The summed E-state index contributed by atoms with van der Waals surface area (Å²) in [7, 11) is -3.82. The molecule has 0 saturated heterocycles. The molecule has 1 aliphatic rings. The van der Waals surface area contributed by atoms with Gasteiger partial charge in [-0.3, -0.25) is 19.2 Å². The van der Waals surface area contributed by atoms with Crippen LogP contribution in [0.2, 0.25) is 5.02 Å². The minimum atomic E-state index is -3.82. The maximum atomic E-state index is 13.1. The molecule has 0 saturated carbocycles. The molecule has 9 nitrogen and oxygen atoms in total. The third kappa shape index (κ3) is 4.76. The van der Waals surface area contributed by atoms with Gasteiger partial charge in [0.25, 0.3) is 21.6 Å². The number of nitro groups is 1. The number of para-hydroxylation sites is 1. The number of halogens is 1. The van der Waals surface area contributed by atoms with Gasteiger partial charge in [0.05, 0.1) is 20.5 Å². The van der Waals surface area contributed by atoms with Gasteiger partial charge >= 0.3 is 0 Å². The first kappa shape index (κ1) is 22.6. The van der Waals surface area contributed by atoms with E-state index in [0.717, 1.165) is 5.56 Å². The Balaban J connectivity index is 1.43. The lowest BCUT2D eigenvalue weighted by Gasteiger charge is -2.20. The van der Waals surface area contributed by atoms with E-state index in [4.69, 9.17) is 16.3 Å². The summed E-state index contributed by atoms with van der Waals surface area (Å²) in [5, 5.41) is 13.4. The summed E-state index contributed by atoms with van der Waals surface area (Å²) < 4.78 is 33.0. The zero-order chi connectivity index (χ0) is 23.6. The Bertz CT molecular complexity index is 1350. The van der Waals surface area contributed by atoms with Crippen LogP contribution >= 0.6 is 11.6 Å². The van der Waals surface area contributed by atoms with Crippen molar-refractivity contribution in [1.29, 1.82) is 0 Å². The van der Waals surface area contributed by atoms with Gasteiger partial charge in [0, 0.05) is 24.4 Å². The number of carbonyl (C=O) groups is 1. The quantitative estimate of drug-likeness (QED) is 0.397. The van der Waals surface area contributed by atoms with E-state index in [0.29, 0.717) is 18.7 Å². The molecule has 0 aliphatic carbocycles. The molecule has 0 spiro atoms. The zero-order valence-corrected chi connectivity index (χ0v) is 18.7. The van der Waals surface area contributed by atoms with Gasteiger partial charge in [0.15, 0.2) is 6.61 Å². The van der Waals surface area contributed by atoms with Crippen molar-refractivity contribution in [2.45, 2.75) is 11.3 Å². The van der Waals surface area contributed by atoms with Gasteiger partial charge in [0.1, 0.15) is 5.75 Å². The number of nitrogens with one attached hydrogen (secondary N) is 1. The SMILES string of the molecule is O=C(COc1ccc(S(=O)(=O)N2CCc3ccccc32)cc1Cl)Nc1cccc([N+](=O)[O-])c1. The maximum absolute atomic E-state index is 13.1. The standard InChI is InChI=1S/C22H18ClN3O6S/c23-19-13-18(33(30,31)25-11-10-15-4-1-2-7-20(15)25)8-9-21(19)32-14-22(27)24-16-5-3-6-17(12-16)26(28)29/h1-9,12-13H,10-11,14H2,(H,24,27). The van der Waals surface area contributed by atoms with Gasteiger partial charge < -0.3 is 10.1 Å². The van der Waals surface area contributed by atoms with Crippen molar-refractivity contribution in [3.8, 4) is 5.75 Å². The second-order valence-corrected chi connectivity index (χ2v) is 9.46. The number of carbonyl (C=O) groups excluding carboxylic acids is 1. The van der Waals surface area contributed by atoms with Crippen molar-refractivity contribution in [1.82, 2.24) is 0 Å². The summed E-state index contributed by atoms with van der Waals surface area (Å²) in [6, 6.07) is 16.8. The van der Waals surface area contributed by atoms with E-state index in [1.807, 2.05) is 12.1 Å². The van der Waals surface area contributed by atoms with E-state index in [-0.39, 0.29) is 27.0 Å². The van der Waals surface area contributed by atoms with Crippen molar-refractivity contribution >= 4 is 44.6 Å². The van der Waals surface area contributed by atoms with Crippen molar-refractivity contribution < 1.29 is 22.9 Å². The molecule has 1 N–H and O–H groups in total. The predicted molar refractivity (Wildman–Crippen MR) is 123 cm³/mol. The molecule has 3 aromatic carbocycles. The number of fused-ring (bicyclic) bond motifs is 1. The Morgan fingerprint density at radius 2 is 1.91 bits per heavy atom. The fourth-order valence-electron chi connectivity index (χ4n) is 3.48. The number of non-ortho nitro benzene ring substituents is 1. The summed E-state index contributed by atoms with van der Waals surface area (Å²) >= 11 is 6.23. The Morgan fingerprint density at radius 3 is 2.67 bits per heavy atom. The number of amides is 1. The van der Waals surface area contributed by atoms with Crippen LogP contribution in [0.4, 0.5) is 17.1 Å². The van der Waals surface area contributed by atoms with E-state index >= 15 is 0 Å². The van der Waals surface area contributed by atoms with Crippen LogP contribution in [-0.4, -0.2) is 32.4 Å². The Morgan fingerprint density at radius 1 is 1.12 bits per heavy atom. The fourth-order valence-corrected chi connectivity index (χ4v) is 5.31. The normalized spacial score (nSPS) is 12.8. The molecule has 0 aromatic heterocycles. The largest absolute Gasteiger partial charge is 0.482 e. The average molecular weight is 488 g/mol. The number of hydrogen-bond donors (Lipinski definition) is 1. The average Bonchev–Trinajstić information content (AvgIpc) is 3.23. The van der Waals surface area contributed by atoms with E-state index in [1.54, 1.807) is 12.1 Å². The minimum Gasteiger partial charge on any atom is -0.482 e. The zero-order valence-electron chi connectivity index (χ0n) is 17.1. The topological polar surface area (TPSA) is 119 Å². The highest BCUT2D eigenvalue weighted by Gasteiger charge is 2.31. The number of ether oxygens (including phenoxy) is 1. The molecule has 33 heavy (non-hydrogen) atoms. The molecule has 0 bridgehead atoms. The van der Waals surface area contributed by atoms with Crippen molar-refractivity contribution in [3.05, 3.63) is 87.4 Å². The lowest BCUT2D eigenvalue weighted by molar-refractivity contribution is -0.384. The van der Waals surface area contributed by atoms with E-state index < -0.39 is 27.5 Å². The first-order valence-electron chi connectivity index (χ1n) is 9.83. The minimum absolute atomic E-state index is 0.0117. The van der Waals surface area contributed by atoms with Gasteiger partial charge in [-0.15, -0.1) is 0 Å². The number of hydrogen-bond acceptors (Lipinski definition) is 6. The van der Waals surface area contributed by atoms with Crippen LogP contribution in [0, 0.1) is 10.1 Å². The molecule has 4 rings (SSSR count). The Kier molecular flexibility index (Phi) is 6.21. The molecule has 1 amide bonds. The van der Waals surface area contributed by atoms with Gasteiger partial charge in [-0.1, -0.05) is 35.9 Å². The molecule has 11 heteroatoms. The molecule has 0 unspecified atom stereocenters. The molecule has 0 atom stereocenters. The summed E-state index contributed by atoms with van der Waals surface area (Å²) in [4.78, 5) is 22.4. The summed E-state index contributed by atoms with van der Waals surface area (Å²) in [6.45, 7) is -0.0800. The third-order valence-electron chi connectivity index (χ3n) is 5.04. The first-order chi connectivity index (χ1) is 15.8. The van der Waals surface area contributed by atoms with E-state index in [9.17, 15) is 23.3 Å². The lowest BCUT2D eigenvalue weighted by Crippen LogP contribution is -2.29. The maximum Gasteiger partial charge on any atom is 0.271 e. The number of nitrogens with zero attached hydrogens (tertiary/aromatic N) is 2. The molecule has 0 radical (unpaired) electrons. The van der Waals surface area contributed by atoms with Crippen LogP contribution in [0.5, 0.6) is 5.75 Å². The van der Waals surface area contributed by atoms with Crippen molar-refractivity contribution in [2.75, 3.05) is 22.8 Å². The smallest absolute Gasteiger partial charge is 0.271 e. The predicted octanol–water partition coefficient (Wildman–Crippen LogP) is 4.02. The van der Waals surface area contributed by atoms with Gasteiger partial charge in [0.2, 0.25) is 0 Å². The summed E-state index contributed by atoms with van der Waals surface area (Å²) in [5.74, 6) is -0.427. The second-order valence-electron chi connectivity index (χ2n) is 7.19. The lowest BCUT2D eigenvalue weighted by atomic mass is 10.2. The Hall–Kier alpha value is -3.63. The van der Waals surface area contributed by atoms with Crippen molar-refractivity contribution in [3.63, 3.8) is 0 Å². The second kappa shape index (κ2) is 9.08. The third-order valence-corrected chi connectivity index (χ3v) is 7.14. The van der Waals surface area contributed by atoms with Crippen LogP contribution < -0.4 is 14.4 Å². The molecular formula is C22H18ClN3O6S. The van der Waals surface area contributed by atoms with E-state index in [2.05, 4.69) is 5.32 Å². The van der Waals surface area contributed by atoms with Crippen LogP contribution in [0.3, 0.4) is 0 Å². The molecule has 1 aliphatic heterocycles. The molecule has 0 fully saturated rings. The molecule has 170 valence electrons. The van der Waals surface area contributed by atoms with Crippen LogP contribution in [0.25, 0.3) is 0 Å². The highest BCUT2D eigenvalue weighted by Crippen LogP contribution is 2.35. The summed E-state index contributed by atoms with van der Waals surface area (Å²) in [5.41, 5.74) is 1.69. The molecule has 3 aromatic rings. The first-order valence-corrected chi connectivity index (χ1v) is 11.6. The monoisotopic (exact) mass is 487 g/mol. The number of nitro benzene ring substituents is 1. The Labute approximate surface area is 194 Å². The number of benzene rings is 3. The van der Waals surface area contributed by atoms with Gasteiger partial charge in [-0.2, -0.15) is 0 Å². The highest BCUT2D eigenvalue weighted by atomic mass is 35.5. The number of sulfonamides is 1. The van der Waals surface area contributed by atoms with Crippen LogP contribution in [-0.2, 0) is 21.2 Å². The van der Waals surface area contributed by atoms with Crippen LogP contribution in [0.15, 0.2) is 71.6 Å². The summed E-state index contributed by atoms with van der Waals surface area (Å²) in [6.07, 6.45) is 0.629.